The van der Waals surface area contributed by atoms with Gasteiger partial charge in [0.15, 0.2) is 6.10 Å². The monoisotopic (exact) mass is 267 g/mol. The van der Waals surface area contributed by atoms with E-state index < -0.39 is 0 Å². The van der Waals surface area contributed by atoms with Crippen LogP contribution in [-0.4, -0.2) is 15.1 Å². The first kappa shape index (κ1) is 12.3. The third-order valence-corrected chi connectivity index (χ3v) is 2.74. The van der Waals surface area contributed by atoms with E-state index in [1.165, 1.54) is 0 Å². The zero-order chi connectivity index (χ0) is 13.8. The molecule has 5 nitrogen and oxygen atoms in total. The molecule has 1 unspecified atom stereocenters. The van der Waals surface area contributed by atoms with Gasteiger partial charge in [-0.25, -0.2) is 0 Å². The SMILES string of the molecule is CC(Oc1ccccc1)c1nc(-c2ccccn2)no1. The third kappa shape index (κ3) is 2.66. The molecule has 0 amide bonds. The lowest BCUT2D eigenvalue weighted by atomic mass is 10.3. The third-order valence-electron chi connectivity index (χ3n) is 2.74. The van der Waals surface area contributed by atoms with Crippen molar-refractivity contribution in [1.29, 1.82) is 0 Å². The standard InChI is InChI=1S/C15H13N3O2/c1-11(19-12-7-3-2-4-8-12)15-17-14(18-20-15)13-9-5-6-10-16-13/h2-11H,1H3. The molecular weight excluding hydrogens is 254 g/mol. The summed E-state index contributed by atoms with van der Waals surface area (Å²) in [5, 5.41) is 3.92. The Bertz CT molecular complexity index is 668. The van der Waals surface area contributed by atoms with Crippen molar-refractivity contribution in [2.24, 2.45) is 0 Å². The fourth-order valence-corrected chi connectivity index (χ4v) is 1.75. The summed E-state index contributed by atoms with van der Waals surface area (Å²) in [6.45, 7) is 1.86. The lowest BCUT2D eigenvalue weighted by Gasteiger charge is -2.09. The van der Waals surface area contributed by atoms with Crippen LogP contribution < -0.4 is 4.74 Å². The van der Waals surface area contributed by atoms with Crippen LogP contribution >= 0.6 is 0 Å². The van der Waals surface area contributed by atoms with Gasteiger partial charge in [-0.2, -0.15) is 4.98 Å². The molecule has 20 heavy (non-hydrogen) atoms. The number of para-hydroxylation sites is 1. The Morgan fingerprint density at radius 1 is 1.05 bits per heavy atom. The highest BCUT2D eigenvalue weighted by Gasteiger charge is 2.17. The molecule has 0 saturated carbocycles. The first-order chi connectivity index (χ1) is 9.83. The highest BCUT2D eigenvalue weighted by molar-refractivity contribution is 5.47. The topological polar surface area (TPSA) is 61.0 Å². The van der Waals surface area contributed by atoms with Gasteiger partial charge in [0.25, 0.3) is 5.89 Å². The summed E-state index contributed by atoms with van der Waals surface area (Å²) >= 11 is 0. The Balaban J connectivity index is 1.77. The van der Waals surface area contributed by atoms with Crippen LogP contribution in [0.1, 0.15) is 18.9 Å². The van der Waals surface area contributed by atoms with E-state index in [2.05, 4.69) is 15.1 Å². The highest BCUT2D eigenvalue weighted by atomic mass is 16.5. The van der Waals surface area contributed by atoms with E-state index in [9.17, 15) is 0 Å². The molecule has 0 fully saturated rings. The van der Waals surface area contributed by atoms with Crippen molar-refractivity contribution in [3.8, 4) is 17.3 Å². The Morgan fingerprint density at radius 2 is 1.85 bits per heavy atom. The maximum absolute atomic E-state index is 5.73. The van der Waals surface area contributed by atoms with Gasteiger partial charge in [-0.15, -0.1) is 0 Å². The Morgan fingerprint density at radius 3 is 2.60 bits per heavy atom. The number of rotatable bonds is 4. The van der Waals surface area contributed by atoms with E-state index in [1.807, 2.05) is 55.5 Å². The minimum absolute atomic E-state index is 0.317. The molecule has 1 aromatic carbocycles. The van der Waals surface area contributed by atoms with Gasteiger partial charge >= 0.3 is 0 Å². The van der Waals surface area contributed by atoms with Gasteiger partial charge in [-0.3, -0.25) is 4.98 Å². The van der Waals surface area contributed by atoms with Crippen molar-refractivity contribution in [2.75, 3.05) is 0 Å². The Hall–Kier alpha value is -2.69. The summed E-state index contributed by atoms with van der Waals surface area (Å²) in [6.07, 6.45) is 1.37. The van der Waals surface area contributed by atoms with E-state index >= 15 is 0 Å². The van der Waals surface area contributed by atoms with E-state index in [1.54, 1.807) is 6.20 Å². The largest absolute Gasteiger partial charge is 0.481 e. The molecule has 0 radical (unpaired) electrons. The van der Waals surface area contributed by atoms with Crippen LogP contribution in [0, 0.1) is 0 Å². The molecule has 0 spiro atoms. The number of nitrogens with zero attached hydrogens (tertiary/aromatic N) is 3. The molecule has 0 bridgehead atoms. The molecule has 3 aromatic rings. The van der Waals surface area contributed by atoms with Gasteiger partial charge in [0.2, 0.25) is 5.82 Å². The maximum Gasteiger partial charge on any atom is 0.267 e. The Labute approximate surface area is 116 Å². The van der Waals surface area contributed by atoms with Crippen LogP contribution in [-0.2, 0) is 0 Å². The number of benzene rings is 1. The quantitative estimate of drug-likeness (QED) is 0.726. The first-order valence-corrected chi connectivity index (χ1v) is 6.29. The summed E-state index contributed by atoms with van der Waals surface area (Å²) < 4.78 is 11.0. The van der Waals surface area contributed by atoms with Crippen LogP contribution in [0.5, 0.6) is 5.75 Å². The summed E-state index contributed by atoms with van der Waals surface area (Å²) in [6, 6.07) is 15.1. The molecule has 100 valence electrons. The van der Waals surface area contributed by atoms with Gasteiger partial charge in [-0.1, -0.05) is 29.4 Å². The second kappa shape index (κ2) is 5.52. The molecule has 2 aromatic heterocycles. The van der Waals surface area contributed by atoms with Crippen molar-refractivity contribution < 1.29 is 9.26 Å². The fraction of sp³-hybridized carbons (Fsp3) is 0.133. The lowest BCUT2D eigenvalue weighted by molar-refractivity contribution is 0.176. The van der Waals surface area contributed by atoms with E-state index in [0.717, 1.165) is 5.75 Å². The molecule has 1 atom stereocenters. The molecule has 2 heterocycles. The fourth-order valence-electron chi connectivity index (χ4n) is 1.75. The molecule has 0 aliphatic carbocycles. The van der Waals surface area contributed by atoms with Crippen LogP contribution in [0.15, 0.2) is 59.3 Å². The van der Waals surface area contributed by atoms with Crippen LogP contribution in [0.3, 0.4) is 0 Å². The smallest absolute Gasteiger partial charge is 0.267 e. The maximum atomic E-state index is 5.73. The predicted molar refractivity (Wildman–Crippen MR) is 73.0 cm³/mol. The average molecular weight is 267 g/mol. The van der Waals surface area contributed by atoms with Gasteiger partial charge in [0, 0.05) is 6.20 Å². The van der Waals surface area contributed by atoms with Crippen molar-refractivity contribution in [3.63, 3.8) is 0 Å². The minimum atomic E-state index is -0.317. The van der Waals surface area contributed by atoms with Gasteiger partial charge in [0.05, 0.1) is 0 Å². The van der Waals surface area contributed by atoms with Crippen molar-refractivity contribution >= 4 is 0 Å². The van der Waals surface area contributed by atoms with Gasteiger partial charge in [-0.05, 0) is 31.2 Å². The molecular formula is C15H13N3O2. The van der Waals surface area contributed by atoms with Crippen molar-refractivity contribution in [1.82, 2.24) is 15.1 Å². The number of pyridine rings is 1. The molecule has 0 saturated heterocycles. The van der Waals surface area contributed by atoms with Gasteiger partial charge in [0.1, 0.15) is 11.4 Å². The number of ether oxygens (including phenoxy) is 1. The first-order valence-electron chi connectivity index (χ1n) is 6.29. The summed E-state index contributed by atoms with van der Waals surface area (Å²) in [4.78, 5) is 8.49. The van der Waals surface area contributed by atoms with Gasteiger partial charge < -0.3 is 9.26 Å². The number of hydrogen-bond acceptors (Lipinski definition) is 5. The summed E-state index contributed by atoms with van der Waals surface area (Å²) in [7, 11) is 0. The van der Waals surface area contributed by atoms with Crippen molar-refractivity contribution in [2.45, 2.75) is 13.0 Å². The molecule has 0 aliphatic heterocycles. The van der Waals surface area contributed by atoms with E-state index in [0.29, 0.717) is 17.4 Å². The summed E-state index contributed by atoms with van der Waals surface area (Å²) in [5.74, 6) is 1.65. The Kier molecular flexibility index (Phi) is 3.41. The molecule has 5 heteroatoms. The van der Waals surface area contributed by atoms with Crippen LogP contribution in [0.2, 0.25) is 0 Å². The average Bonchev–Trinajstić information content (AvgIpc) is 2.99. The van der Waals surface area contributed by atoms with Crippen LogP contribution in [0.25, 0.3) is 11.5 Å². The van der Waals surface area contributed by atoms with E-state index in [4.69, 9.17) is 9.26 Å². The molecule has 3 rings (SSSR count). The molecule has 0 aliphatic rings. The minimum Gasteiger partial charge on any atom is -0.481 e. The lowest BCUT2D eigenvalue weighted by Crippen LogP contribution is -2.03. The predicted octanol–water partition coefficient (Wildman–Crippen LogP) is 3.27. The van der Waals surface area contributed by atoms with E-state index in [-0.39, 0.29) is 6.10 Å². The number of aromatic nitrogens is 3. The highest BCUT2D eigenvalue weighted by Crippen LogP contribution is 2.21. The van der Waals surface area contributed by atoms with Crippen LogP contribution in [0.4, 0.5) is 0 Å². The zero-order valence-corrected chi connectivity index (χ0v) is 10.9. The molecule has 0 N–H and O–H groups in total. The summed E-state index contributed by atoms with van der Waals surface area (Å²) in [5.41, 5.74) is 0.675. The second-order valence-corrected chi connectivity index (χ2v) is 4.24. The second-order valence-electron chi connectivity index (χ2n) is 4.24. The van der Waals surface area contributed by atoms with Crippen molar-refractivity contribution in [3.05, 3.63) is 60.6 Å². The number of hydrogen-bond donors (Lipinski definition) is 0. The normalized spacial score (nSPS) is 12.1. The zero-order valence-electron chi connectivity index (χ0n) is 10.9.